The number of nitrogens with one attached hydrogen (secondary N) is 1. The molecule has 1 aliphatic heterocycles. The summed E-state index contributed by atoms with van der Waals surface area (Å²) < 4.78 is 5.33. The van der Waals surface area contributed by atoms with Crippen LogP contribution in [-0.2, 0) is 4.74 Å². The summed E-state index contributed by atoms with van der Waals surface area (Å²) in [6.45, 7) is 9.59. The van der Waals surface area contributed by atoms with Gasteiger partial charge < -0.3 is 15.0 Å². The average molecular weight is 234 g/mol. The topological polar surface area (TPSA) is 50.3 Å². The smallest absolute Gasteiger partial charge is 0.134 e. The average Bonchev–Trinajstić information content (AvgIpc) is 2.37. The molecule has 17 heavy (non-hydrogen) atoms. The highest BCUT2D eigenvalue weighted by molar-refractivity contribution is 5.49. The van der Waals surface area contributed by atoms with Gasteiger partial charge in [-0.15, -0.1) is 6.58 Å². The predicted octanol–water partition coefficient (Wildman–Crippen LogP) is 1.22. The van der Waals surface area contributed by atoms with E-state index in [1.807, 2.05) is 19.1 Å². The normalized spacial score (nSPS) is 15.7. The molecule has 1 aliphatic rings. The van der Waals surface area contributed by atoms with Crippen molar-refractivity contribution in [1.82, 2.24) is 9.97 Å². The number of hydrogen-bond donors (Lipinski definition) is 1. The molecular formula is C12H18N4O. The molecule has 0 radical (unpaired) electrons. The number of aromatic nitrogens is 2. The highest BCUT2D eigenvalue weighted by Gasteiger charge is 2.13. The molecule has 1 N–H and O–H groups in total. The van der Waals surface area contributed by atoms with Crippen molar-refractivity contribution in [3.8, 4) is 0 Å². The van der Waals surface area contributed by atoms with Crippen LogP contribution in [0.25, 0.3) is 0 Å². The molecule has 0 amide bonds. The first-order chi connectivity index (χ1) is 8.29. The number of morpholine rings is 1. The summed E-state index contributed by atoms with van der Waals surface area (Å²) in [5.74, 6) is 2.59. The van der Waals surface area contributed by atoms with Crippen molar-refractivity contribution in [2.75, 3.05) is 43.1 Å². The molecule has 0 saturated carbocycles. The van der Waals surface area contributed by atoms with E-state index in [9.17, 15) is 0 Å². The summed E-state index contributed by atoms with van der Waals surface area (Å²) in [5.41, 5.74) is 0. The van der Waals surface area contributed by atoms with E-state index in [4.69, 9.17) is 4.74 Å². The van der Waals surface area contributed by atoms with Crippen LogP contribution < -0.4 is 10.2 Å². The van der Waals surface area contributed by atoms with Crippen molar-refractivity contribution in [3.63, 3.8) is 0 Å². The standard InChI is InChI=1S/C12H18N4O/c1-3-4-13-11-9-12(15-10(2)14-11)16-5-7-17-8-6-16/h3,9H,1,4-8H2,2H3,(H,13,14,15). The van der Waals surface area contributed by atoms with Gasteiger partial charge in [0.1, 0.15) is 17.5 Å². The highest BCUT2D eigenvalue weighted by Crippen LogP contribution is 2.16. The van der Waals surface area contributed by atoms with Crippen molar-refractivity contribution in [3.05, 3.63) is 24.5 Å². The van der Waals surface area contributed by atoms with Crippen LogP contribution in [0.1, 0.15) is 5.82 Å². The molecule has 5 heteroatoms. The predicted molar refractivity (Wildman–Crippen MR) is 68.5 cm³/mol. The Morgan fingerprint density at radius 3 is 2.94 bits per heavy atom. The highest BCUT2D eigenvalue weighted by atomic mass is 16.5. The van der Waals surface area contributed by atoms with Gasteiger partial charge in [0, 0.05) is 25.7 Å². The van der Waals surface area contributed by atoms with E-state index in [-0.39, 0.29) is 0 Å². The van der Waals surface area contributed by atoms with Crippen LogP contribution in [-0.4, -0.2) is 42.8 Å². The molecule has 2 rings (SSSR count). The van der Waals surface area contributed by atoms with E-state index in [0.717, 1.165) is 43.8 Å². The first kappa shape index (κ1) is 11.9. The van der Waals surface area contributed by atoms with E-state index in [1.54, 1.807) is 0 Å². The molecule has 1 aromatic heterocycles. The van der Waals surface area contributed by atoms with Gasteiger partial charge in [0.15, 0.2) is 0 Å². The third-order valence-corrected chi connectivity index (χ3v) is 2.59. The lowest BCUT2D eigenvalue weighted by atomic mass is 10.4. The number of hydrogen-bond acceptors (Lipinski definition) is 5. The fraction of sp³-hybridized carbons (Fsp3) is 0.500. The second-order valence-electron chi connectivity index (χ2n) is 3.93. The summed E-state index contributed by atoms with van der Waals surface area (Å²) in [4.78, 5) is 11.0. The van der Waals surface area contributed by atoms with E-state index >= 15 is 0 Å². The summed E-state index contributed by atoms with van der Waals surface area (Å²) in [6.07, 6.45) is 1.81. The van der Waals surface area contributed by atoms with Crippen molar-refractivity contribution in [2.24, 2.45) is 0 Å². The Morgan fingerprint density at radius 2 is 2.24 bits per heavy atom. The van der Waals surface area contributed by atoms with Crippen LogP contribution >= 0.6 is 0 Å². The number of ether oxygens (including phenoxy) is 1. The second-order valence-corrected chi connectivity index (χ2v) is 3.93. The van der Waals surface area contributed by atoms with Crippen LogP contribution in [0.5, 0.6) is 0 Å². The quantitative estimate of drug-likeness (QED) is 0.794. The van der Waals surface area contributed by atoms with Gasteiger partial charge in [0.05, 0.1) is 13.2 Å². The third-order valence-electron chi connectivity index (χ3n) is 2.59. The van der Waals surface area contributed by atoms with Crippen LogP contribution in [0.4, 0.5) is 11.6 Å². The zero-order valence-corrected chi connectivity index (χ0v) is 10.1. The van der Waals surface area contributed by atoms with Crippen LogP contribution in [0, 0.1) is 6.92 Å². The molecule has 1 fully saturated rings. The monoisotopic (exact) mass is 234 g/mol. The Hall–Kier alpha value is -1.62. The Kier molecular flexibility index (Phi) is 3.93. The van der Waals surface area contributed by atoms with Crippen LogP contribution in [0.2, 0.25) is 0 Å². The lowest BCUT2D eigenvalue weighted by molar-refractivity contribution is 0.122. The van der Waals surface area contributed by atoms with Gasteiger partial charge in [-0.2, -0.15) is 0 Å². The fourth-order valence-electron chi connectivity index (χ4n) is 1.77. The number of aryl methyl sites for hydroxylation is 1. The number of anilines is 2. The summed E-state index contributed by atoms with van der Waals surface area (Å²) in [5, 5.41) is 3.19. The van der Waals surface area contributed by atoms with E-state index < -0.39 is 0 Å². The first-order valence-electron chi connectivity index (χ1n) is 5.83. The molecule has 0 aromatic carbocycles. The lowest BCUT2D eigenvalue weighted by Crippen LogP contribution is -2.37. The maximum atomic E-state index is 5.33. The van der Waals surface area contributed by atoms with Crippen molar-refractivity contribution in [2.45, 2.75) is 6.92 Å². The minimum Gasteiger partial charge on any atom is -0.378 e. The third kappa shape index (κ3) is 3.17. The Labute approximate surface area is 102 Å². The summed E-state index contributed by atoms with van der Waals surface area (Å²) in [6, 6.07) is 1.97. The van der Waals surface area contributed by atoms with E-state index in [0.29, 0.717) is 6.54 Å². The molecule has 0 aliphatic carbocycles. The van der Waals surface area contributed by atoms with Crippen molar-refractivity contribution < 1.29 is 4.74 Å². The number of nitrogens with zero attached hydrogens (tertiary/aromatic N) is 3. The van der Waals surface area contributed by atoms with Gasteiger partial charge in [0.25, 0.3) is 0 Å². The molecule has 1 aromatic rings. The fourth-order valence-corrected chi connectivity index (χ4v) is 1.77. The molecule has 2 heterocycles. The zero-order valence-electron chi connectivity index (χ0n) is 10.1. The number of rotatable bonds is 4. The molecule has 5 nitrogen and oxygen atoms in total. The van der Waals surface area contributed by atoms with Gasteiger partial charge in [-0.05, 0) is 6.92 Å². The molecule has 1 saturated heterocycles. The molecule has 0 atom stereocenters. The van der Waals surface area contributed by atoms with Crippen molar-refractivity contribution in [1.29, 1.82) is 0 Å². The maximum absolute atomic E-state index is 5.33. The van der Waals surface area contributed by atoms with Crippen LogP contribution in [0.3, 0.4) is 0 Å². The van der Waals surface area contributed by atoms with Gasteiger partial charge in [-0.25, -0.2) is 9.97 Å². The van der Waals surface area contributed by atoms with Gasteiger partial charge >= 0.3 is 0 Å². The second kappa shape index (κ2) is 5.63. The van der Waals surface area contributed by atoms with E-state index in [2.05, 4.69) is 26.8 Å². The molecule has 0 bridgehead atoms. The van der Waals surface area contributed by atoms with Crippen molar-refractivity contribution >= 4 is 11.6 Å². The largest absolute Gasteiger partial charge is 0.378 e. The van der Waals surface area contributed by atoms with Gasteiger partial charge in [0.2, 0.25) is 0 Å². The van der Waals surface area contributed by atoms with Gasteiger partial charge in [-0.3, -0.25) is 0 Å². The Balaban J connectivity index is 2.14. The lowest BCUT2D eigenvalue weighted by Gasteiger charge is -2.28. The minimum atomic E-state index is 0.707. The van der Waals surface area contributed by atoms with Crippen LogP contribution in [0.15, 0.2) is 18.7 Å². The molecule has 92 valence electrons. The zero-order chi connectivity index (χ0) is 12.1. The first-order valence-corrected chi connectivity index (χ1v) is 5.83. The van der Waals surface area contributed by atoms with Gasteiger partial charge in [-0.1, -0.05) is 6.08 Å². The Bertz CT molecular complexity index is 388. The molecule has 0 spiro atoms. The summed E-state index contributed by atoms with van der Waals surface area (Å²) in [7, 11) is 0. The minimum absolute atomic E-state index is 0.707. The van der Waals surface area contributed by atoms with E-state index in [1.165, 1.54) is 0 Å². The SMILES string of the molecule is C=CCNc1cc(N2CCOCC2)nc(C)n1. The summed E-state index contributed by atoms with van der Waals surface area (Å²) >= 11 is 0. The molecule has 0 unspecified atom stereocenters. The molecular weight excluding hydrogens is 216 g/mol. The maximum Gasteiger partial charge on any atom is 0.134 e. The Morgan fingerprint density at radius 1 is 1.47 bits per heavy atom.